The van der Waals surface area contributed by atoms with E-state index in [1.807, 2.05) is 24.4 Å². The van der Waals surface area contributed by atoms with Gasteiger partial charge in [0.25, 0.3) is 0 Å². The van der Waals surface area contributed by atoms with Crippen molar-refractivity contribution in [3.05, 3.63) is 48.4 Å². The summed E-state index contributed by atoms with van der Waals surface area (Å²) in [5.41, 5.74) is 7.68. The van der Waals surface area contributed by atoms with E-state index in [9.17, 15) is 4.79 Å². The average Bonchev–Trinajstić information content (AvgIpc) is 2.88. The number of aromatic nitrogens is 2. The minimum atomic E-state index is -0.438. The van der Waals surface area contributed by atoms with Gasteiger partial charge in [0, 0.05) is 25.1 Å². The molecule has 4 heterocycles. The molecular weight excluding hydrogens is 266 g/mol. The van der Waals surface area contributed by atoms with E-state index in [1.54, 1.807) is 17.3 Å². The molecule has 0 aliphatic carbocycles. The van der Waals surface area contributed by atoms with Crippen molar-refractivity contribution >= 4 is 17.5 Å². The highest BCUT2D eigenvalue weighted by molar-refractivity contribution is 5.95. The molecule has 0 aromatic carbocycles. The standard InChI is InChI=1S/C15H15N5O/c16-15(21)20-11-7-13(10-3-1-5-17-8-10)19(9-11)12-4-2-6-18-14(12)20/h1-6,8,11,13H,7,9H2,(H2,16,21). The number of pyridine rings is 2. The van der Waals surface area contributed by atoms with Crippen molar-refractivity contribution in [3.63, 3.8) is 0 Å². The maximum Gasteiger partial charge on any atom is 0.320 e. The third-order valence-corrected chi connectivity index (χ3v) is 4.25. The van der Waals surface area contributed by atoms with Gasteiger partial charge in [-0.05, 0) is 30.2 Å². The van der Waals surface area contributed by atoms with Crippen LogP contribution in [0.25, 0.3) is 0 Å². The molecule has 1 saturated heterocycles. The minimum Gasteiger partial charge on any atom is -0.359 e. The smallest absolute Gasteiger partial charge is 0.320 e. The monoisotopic (exact) mass is 281 g/mol. The van der Waals surface area contributed by atoms with Crippen LogP contribution in [0.1, 0.15) is 18.0 Å². The molecule has 2 aliphatic rings. The van der Waals surface area contributed by atoms with Crippen molar-refractivity contribution in [1.29, 1.82) is 0 Å². The van der Waals surface area contributed by atoms with E-state index >= 15 is 0 Å². The number of amides is 2. The highest BCUT2D eigenvalue weighted by Gasteiger charge is 2.44. The second-order valence-electron chi connectivity index (χ2n) is 5.40. The molecule has 0 spiro atoms. The quantitative estimate of drug-likeness (QED) is 0.863. The van der Waals surface area contributed by atoms with Crippen LogP contribution >= 0.6 is 0 Å². The van der Waals surface area contributed by atoms with Crippen molar-refractivity contribution in [1.82, 2.24) is 9.97 Å². The van der Waals surface area contributed by atoms with Crippen LogP contribution in [0.15, 0.2) is 42.9 Å². The van der Waals surface area contributed by atoms with Gasteiger partial charge in [-0.2, -0.15) is 0 Å². The summed E-state index contributed by atoms with van der Waals surface area (Å²) in [6.07, 6.45) is 6.19. The summed E-state index contributed by atoms with van der Waals surface area (Å²) in [6.45, 7) is 0.779. The molecule has 106 valence electrons. The van der Waals surface area contributed by atoms with E-state index in [4.69, 9.17) is 5.73 Å². The van der Waals surface area contributed by atoms with E-state index < -0.39 is 6.03 Å². The molecule has 0 radical (unpaired) electrons. The Kier molecular flexibility index (Phi) is 2.57. The molecule has 2 N–H and O–H groups in total. The van der Waals surface area contributed by atoms with Crippen LogP contribution in [0.3, 0.4) is 0 Å². The third kappa shape index (κ3) is 1.75. The normalized spacial score (nSPS) is 23.0. The van der Waals surface area contributed by atoms with Gasteiger partial charge in [-0.25, -0.2) is 9.78 Å². The molecule has 21 heavy (non-hydrogen) atoms. The molecule has 2 amide bonds. The Balaban J connectivity index is 1.82. The Morgan fingerprint density at radius 1 is 1.29 bits per heavy atom. The number of hydrogen-bond acceptors (Lipinski definition) is 4. The summed E-state index contributed by atoms with van der Waals surface area (Å²) in [6, 6.07) is 7.72. The molecule has 2 bridgehead atoms. The maximum absolute atomic E-state index is 11.8. The molecule has 4 rings (SSSR count). The number of carbonyl (C=O) groups is 1. The van der Waals surface area contributed by atoms with Gasteiger partial charge >= 0.3 is 6.03 Å². The highest BCUT2D eigenvalue weighted by atomic mass is 16.2. The Hall–Kier alpha value is -2.63. The summed E-state index contributed by atoms with van der Waals surface area (Å²) in [5, 5.41) is 0. The van der Waals surface area contributed by atoms with Crippen molar-refractivity contribution in [2.45, 2.75) is 18.5 Å². The zero-order valence-corrected chi connectivity index (χ0v) is 11.4. The first kappa shape index (κ1) is 12.1. The van der Waals surface area contributed by atoms with Crippen molar-refractivity contribution in [2.24, 2.45) is 5.73 Å². The number of primary amides is 1. The van der Waals surface area contributed by atoms with Gasteiger partial charge in [0.1, 0.15) is 0 Å². The van der Waals surface area contributed by atoms with Crippen LogP contribution in [0, 0.1) is 0 Å². The van der Waals surface area contributed by atoms with E-state index in [0.717, 1.165) is 24.2 Å². The summed E-state index contributed by atoms with van der Waals surface area (Å²) < 4.78 is 0. The second-order valence-corrected chi connectivity index (χ2v) is 5.40. The second kappa shape index (κ2) is 4.44. The fourth-order valence-corrected chi connectivity index (χ4v) is 3.41. The zero-order chi connectivity index (χ0) is 14.4. The SMILES string of the molecule is NC(=O)N1c2ncccc2N2CC1CC2c1cccnc1. The number of anilines is 2. The first-order chi connectivity index (χ1) is 10.3. The van der Waals surface area contributed by atoms with E-state index in [0.29, 0.717) is 5.82 Å². The lowest BCUT2D eigenvalue weighted by molar-refractivity contribution is 0.251. The molecule has 2 unspecified atom stereocenters. The first-order valence-electron chi connectivity index (χ1n) is 6.96. The van der Waals surface area contributed by atoms with E-state index in [2.05, 4.69) is 20.9 Å². The predicted octanol–water partition coefficient (Wildman–Crippen LogP) is 1.70. The zero-order valence-electron chi connectivity index (χ0n) is 11.4. The molecule has 2 aliphatic heterocycles. The van der Waals surface area contributed by atoms with Crippen molar-refractivity contribution in [3.8, 4) is 0 Å². The number of nitrogens with zero attached hydrogens (tertiary/aromatic N) is 4. The largest absolute Gasteiger partial charge is 0.359 e. The summed E-state index contributed by atoms with van der Waals surface area (Å²) in [7, 11) is 0. The fourth-order valence-electron chi connectivity index (χ4n) is 3.41. The van der Waals surface area contributed by atoms with Crippen LogP contribution in [-0.4, -0.2) is 28.6 Å². The first-order valence-corrected chi connectivity index (χ1v) is 6.96. The van der Waals surface area contributed by atoms with E-state index in [1.165, 1.54) is 0 Å². The molecule has 2 aromatic rings. The Morgan fingerprint density at radius 2 is 2.14 bits per heavy atom. The van der Waals surface area contributed by atoms with Gasteiger partial charge in [0.15, 0.2) is 5.82 Å². The lowest BCUT2D eigenvalue weighted by Gasteiger charge is -2.35. The number of urea groups is 1. The molecule has 2 aromatic heterocycles. The van der Waals surface area contributed by atoms with Crippen molar-refractivity contribution in [2.75, 3.05) is 16.3 Å². The molecular formula is C15H15N5O. The molecule has 1 fully saturated rings. The van der Waals surface area contributed by atoms with Crippen LogP contribution in [0.5, 0.6) is 0 Å². The summed E-state index contributed by atoms with van der Waals surface area (Å²) >= 11 is 0. The van der Waals surface area contributed by atoms with Crippen molar-refractivity contribution < 1.29 is 4.79 Å². The average molecular weight is 281 g/mol. The minimum absolute atomic E-state index is 0.0649. The maximum atomic E-state index is 11.8. The number of rotatable bonds is 1. The third-order valence-electron chi connectivity index (χ3n) is 4.25. The molecule has 2 atom stereocenters. The summed E-state index contributed by atoms with van der Waals surface area (Å²) in [5.74, 6) is 0.660. The topological polar surface area (TPSA) is 75.4 Å². The lowest BCUT2D eigenvalue weighted by Crippen LogP contribution is -2.48. The lowest BCUT2D eigenvalue weighted by atomic mass is 10.1. The Bertz CT molecular complexity index is 689. The predicted molar refractivity (Wildman–Crippen MR) is 79.0 cm³/mol. The van der Waals surface area contributed by atoms with Gasteiger partial charge in [-0.3, -0.25) is 9.88 Å². The van der Waals surface area contributed by atoms with Crippen LogP contribution in [0.2, 0.25) is 0 Å². The molecule has 6 heteroatoms. The number of nitrogens with two attached hydrogens (primary N) is 1. The summed E-state index contributed by atoms with van der Waals surface area (Å²) in [4.78, 5) is 24.3. The van der Waals surface area contributed by atoms with Crippen LogP contribution in [-0.2, 0) is 0 Å². The fraction of sp³-hybridized carbons (Fsp3) is 0.267. The van der Waals surface area contributed by atoms with Gasteiger partial charge in [0.2, 0.25) is 0 Å². The van der Waals surface area contributed by atoms with Gasteiger partial charge in [-0.15, -0.1) is 0 Å². The van der Waals surface area contributed by atoms with Crippen LogP contribution in [0.4, 0.5) is 16.3 Å². The Morgan fingerprint density at radius 3 is 2.90 bits per heavy atom. The number of carbonyl (C=O) groups excluding carboxylic acids is 1. The van der Waals surface area contributed by atoms with Gasteiger partial charge in [0.05, 0.1) is 17.8 Å². The molecule has 0 saturated carbocycles. The van der Waals surface area contributed by atoms with Crippen LogP contribution < -0.4 is 15.5 Å². The number of fused-ring (bicyclic) bond motifs is 4. The molecule has 6 nitrogen and oxygen atoms in total. The van der Waals surface area contributed by atoms with E-state index in [-0.39, 0.29) is 12.1 Å². The highest BCUT2D eigenvalue weighted by Crippen LogP contribution is 2.46. The number of hydrogen-bond donors (Lipinski definition) is 1. The van der Waals surface area contributed by atoms with Gasteiger partial charge < -0.3 is 10.6 Å². The van der Waals surface area contributed by atoms with Gasteiger partial charge in [-0.1, -0.05) is 6.07 Å². The Labute approximate surface area is 122 Å².